The minimum atomic E-state index is -2.80. The summed E-state index contributed by atoms with van der Waals surface area (Å²) in [6, 6.07) is 17.4. The molecule has 0 spiro atoms. The van der Waals surface area contributed by atoms with Gasteiger partial charge in [-0.2, -0.15) is 5.10 Å². The standard InChI is InChI=1S/C26H28ClN3O3S3/c1-29(2)16-20(31)11-10-18-6-4-7-19(14-18)15-30-22-8-5-9-23(33-3)26(22)21(28-30)17-36(32,34)25-13-12-24(27)35-25/h4-9,12-14H,10-11,15-17H2,1-3H3. The first-order valence-corrected chi connectivity index (χ1v) is 15.3. The van der Waals surface area contributed by atoms with Crippen molar-refractivity contribution in [3.8, 4) is 5.75 Å². The number of carbonyl (C=O) groups excluding carboxylic acids is 1. The highest BCUT2D eigenvalue weighted by molar-refractivity contribution is 8.33. The van der Waals surface area contributed by atoms with Crippen molar-refractivity contribution in [2.24, 2.45) is 0 Å². The third-order valence-electron chi connectivity index (χ3n) is 5.72. The Morgan fingerprint density at radius 3 is 2.61 bits per heavy atom. The van der Waals surface area contributed by atoms with Crippen LogP contribution in [0.5, 0.6) is 5.75 Å². The van der Waals surface area contributed by atoms with Gasteiger partial charge in [0.2, 0.25) is 0 Å². The van der Waals surface area contributed by atoms with E-state index in [2.05, 4.69) is 6.07 Å². The number of halogens is 1. The molecule has 0 bridgehead atoms. The molecule has 10 heteroatoms. The molecule has 36 heavy (non-hydrogen) atoms. The number of fused-ring (bicyclic) bond motifs is 1. The van der Waals surface area contributed by atoms with Crippen LogP contribution in [0, 0.1) is 0 Å². The van der Waals surface area contributed by atoms with Crippen molar-refractivity contribution in [3.63, 3.8) is 0 Å². The molecule has 2 aromatic heterocycles. The first kappa shape index (κ1) is 26.8. The predicted molar refractivity (Wildman–Crippen MR) is 151 cm³/mol. The number of aromatic nitrogens is 2. The minimum absolute atomic E-state index is 0.108. The molecule has 0 N–H and O–H groups in total. The Morgan fingerprint density at radius 2 is 1.92 bits per heavy atom. The summed E-state index contributed by atoms with van der Waals surface area (Å²) in [5, 5.41) is 5.66. The van der Waals surface area contributed by atoms with Crippen LogP contribution in [0.1, 0.15) is 23.2 Å². The number of rotatable bonds is 11. The molecule has 0 aliphatic rings. The highest BCUT2D eigenvalue weighted by atomic mass is 35.5. The van der Waals surface area contributed by atoms with Gasteiger partial charge in [0.1, 0.15) is 11.5 Å². The average molecular weight is 562 g/mol. The zero-order valence-electron chi connectivity index (χ0n) is 20.4. The molecule has 2 aromatic carbocycles. The molecule has 190 valence electrons. The summed E-state index contributed by atoms with van der Waals surface area (Å²) in [5.41, 5.74) is 3.69. The van der Waals surface area contributed by atoms with E-state index < -0.39 is 8.49 Å². The lowest BCUT2D eigenvalue weighted by Gasteiger charge is -2.09. The summed E-state index contributed by atoms with van der Waals surface area (Å²) < 4.78 is 22.1. The zero-order valence-corrected chi connectivity index (χ0v) is 23.6. The number of Topliss-reactive ketones (excluding diaryl/α,β-unsaturated/α-hetero) is 1. The molecule has 0 aliphatic carbocycles. The van der Waals surface area contributed by atoms with Crippen molar-refractivity contribution in [2.75, 3.05) is 27.7 Å². The van der Waals surface area contributed by atoms with Gasteiger partial charge in [-0.15, -0.1) is 11.3 Å². The number of hydrogen-bond acceptors (Lipinski definition) is 7. The van der Waals surface area contributed by atoms with E-state index >= 15 is 0 Å². The topological polar surface area (TPSA) is 64.4 Å². The lowest BCUT2D eigenvalue weighted by molar-refractivity contribution is -0.119. The Bertz CT molecular complexity index is 1490. The van der Waals surface area contributed by atoms with Crippen LogP contribution < -0.4 is 4.74 Å². The third-order valence-corrected chi connectivity index (χ3v) is 10.4. The van der Waals surface area contributed by atoms with E-state index in [9.17, 15) is 9.00 Å². The number of carbonyl (C=O) groups is 1. The van der Waals surface area contributed by atoms with Crippen LogP contribution in [0.4, 0.5) is 0 Å². The second kappa shape index (κ2) is 11.4. The van der Waals surface area contributed by atoms with E-state index in [4.69, 9.17) is 32.6 Å². The third kappa shape index (κ3) is 6.33. The summed E-state index contributed by atoms with van der Waals surface area (Å²) in [4.78, 5) is 14.0. The number of ether oxygens (including phenoxy) is 1. The average Bonchev–Trinajstić information content (AvgIpc) is 3.42. The van der Waals surface area contributed by atoms with Crippen LogP contribution in [0.3, 0.4) is 0 Å². The van der Waals surface area contributed by atoms with E-state index in [1.54, 1.807) is 19.2 Å². The highest BCUT2D eigenvalue weighted by Crippen LogP contribution is 2.33. The van der Waals surface area contributed by atoms with Gasteiger partial charge in [-0.3, -0.25) is 13.7 Å². The Labute approximate surface area is 225 Å². The number of nitrogens with zero attached hydrogens (tertiary/aromatic N) is 3. The summed E-state index contributed by atoms with van der Waals surface area (Å²) in [6.07, 6.45) is 1.20. The van der Waals surface area contributed by atoms with Gasteiger partial charge in [-0.05, 0) is 67.1 Å². The number of benzene rings is 2. The van der Waals surface area contributed by atoms with E-state index in [1.807, 2.05) is 60.1 Å². The highest BCUT2D eigenvalue weighted by Gasteiger charge is 2.21. The molecule has 0 radical (unpaired) electrons. The molecule has 0 amide bonds. The molecule has 0 saturated heterocycles. The van der Waals surface area contributed by atoms with Crippen molar-refractivity contribution in [1.82, 2.24) is 14.7 Å². The molecular formula is C26H28ClN3O3S3. The first-order valence-electron chi connectivity index (χ1n) is 11.4. The van der Waals surface area contributed by atoms with Gasteiger partial charge in [-0.1, -0.05) is 41.9 Å². The van der Waals surface area contributed by atoms with Gasteiger partial charge in [0.15, 0.2) is 0 Å². The summed E-state index contributed by atoms with van der Waals surface area (Å²) in [5.74, 6) is 0.993. The molecule has 2 heterocycles. The maximum absolute atomic E-state index is 13.5. The molecule has 6 nitrogen and oxygen atoms in total. The summed E-state index contributed by atoms with van der Waals surface area (Å²) in [7, 11) is 2.61. The molecular weight excluding hydrogens is 534 g/mol. The fraction of sp³-hybridized carbons (Fsp3) is 0.308. The number of hydrogen-bond donors (Lipinski definition) is 0. The van der Waals surface area contributed by atoms with E-state index in [0.29, 0.717) is 45.9 Å². The quantitative estimate of drug-likeness (QED) is 0.251. The zero-order chi connectivity index (χ0) is 25.9. The predicted octanol–water partition coefficient (Wildman–Crippen LogP) is 5.18. The van der Waals surface area contributed by atoms with Gasteiger partial charge in [0.25, 0.3) is 0 Å². The van der Waals surface area contributed by atoms with Crippen LogP contribution in [0.2, 0.25) is 4.34 Å². The monoisotopic (exact) mass is 561 g/mol. The fourth-order valence-corrected chi connectivity index (χ4v) is 7.81. The Balaban J connectivity index is 1.63. The van der Waals surface area contributed by atoms with Crippen molar-refractivity contribution < 1.29 is 13.7 Å². The van der Waals surface area contributed by atoms with Crippen LogP contribution in [-0.2, 0) is 43.2 Å². The van der Waals surface area contributed by atoms with E-state index in [1.165, 1.54) is 11.3 Å². The molecule has 0 saturated carbocycles. The number of methoxy groups -OCH3 is 1. The van der Waals surface area contributed by atoms with Crippen molar-refractivity contribution in [2.45, 2.75) is 29.3 Å². The van der Waals surface area contributed by atoms with Crippen molar-refractivity contribution >= 4 is 59.3 Å². The molecule has 1 atom stereocenters. The fourth-order valence-electron chi connectivity index (χ4n) is 4.15. The van der Waals surface area contributed by atoms with Crippen LogP contribution in [-0.4, -0.2) is 52.4 Å². The van der Waals surface area contributed by atoms with Gasteiger partial charge < -0.3 is 9.64 Å². The molecule has 4 rings (SSSR count). The number of aryl methyl sites for hydroxylation is 1. The summed E-state index contributed by atoms with van der Waals surface area (Å²) in [6.45, 7) is 0.972. The number of likely N-dealkylation sites (N-methyl/N-ethyl adjacent to an activating group) is 1. The van der Waals surface area contributed by atoms with Gasteiger partial charge in [0, 0.05) is 6.42 Å². The minimum Gasteiger partial charge on any atom is -0.496 e. The first-order chi connectivity index (χ1) is 17.2. The van der Waals surface area contributed by atoms with Crippen LogP contribution >= 0.6 is 22.9 Å². The number of thiophene rings is 1. The number of ketones is 1. The van der Waals surface area contributed by atoms with Crippen LogP contribution in [0.25, 0.3) is 10.9 Å². The smallest absolute Gasteiger partial charge is 0.147 e. The summed E-state index contributed by atoms with van der Waals surface area (Å²) >= 11 is 12.8. The second-order valence-corrected chi connectivity index (χ2v) is 14.4. The van der Waals surface area contributed by atoms with Crippen molar-refractivity contribution in [1.29, 1.82) is 0 Å². The lowest BCUT2D eigenvalue weighted by atomic mass is 10.0. The maximum atomic E-state index is 13.5. The van der Waals surface area contributed by atoms with Gasteiger partial charge in [0.05, 0.1) is 59.6 Å². The molecule has 0 aliphatic heterocycles. The van der Waals surface area contributed by atoms with Gasteiger partial charge in [-0.25, -0.2) is 0 Å². The SMILES string of the molecule is COc1cccc2c1c(CS(=O)(=S)c1ccc(Cl)s1)nn2Cc1cccc(CCC(=O)CN(C)C)c1. The maximum Gasteiger partial charge on any atom is 0.147 e. The molecule has 1 unspecified atom stereocenters. The van der Waals surface area contributed by atoms with Crippen molar-refractivity contribution in [3.05, 3.63) is 75.8 Å². The van der Waals surface area contributed by atoms with E-state index in [0.717, 1.165) is 22.0 Å². The molecule has 4 aromatic rings. The Hall–Kier alpha value is -2.30. The second-order valence-electron chi connectivity index (χ2n) is 8.87. The molecule has 0 fully saturated rings. The Morgan fingerprint density at radius 1 is 1.17 bits per heavy atom. The van der Waals surface area contributed by atoms with Crippen LogP contribution in [0.15, 0.2) is 58.8 Å². The van der Waals surface area contributed by atoms with E-state index in [-0.39, 0.29) is 11.5 Å². The van der Waals surface area contributed by atoms with Gasteiger partial charge >= 0.3 is 0 Å². The largest absolute Gasteiger partial charge is 0.496 e. The normalized spacial score (nSPS) is 13.2. The lowest BCUT2D eigenvalue weighted by Crippen LogP contribution is -2.21. The Kier molecular flexibility index (Phi) is 8.47.